The Hall–Kier alpha value is -2.18. The number of carbonyl (C=O) groups excluding carboxylic acids is 2. The SMILES string of the molecule is C=CC[C@@H](OC(=O)[C@H](OC(C)=O)c1ccccc1)[C@@H]1COC(C)(C)O1. The highest BCUT2D eigenvalue weighted by Gasteiger charge is 2.40. The Morgan fingerprint density at radius 2 is 2.00 bits per heavy atom. The molecule has 1 aromatic carbocycles. The van der Waals surface area contributed by atoms with Crippen LogP contribution < -0.4 is 0 Å². The first-order valence-electron chi connectivity index (χ1n) is 8.17. The van der Waals surface area contributed by atoms with Gasteiger partial charge in [0.05, 0.1) is 6.61 Å². The fourth-order valence-corrected chi connectivity index (χ4v) is 2.60. The zero-order valence-electron chi connectivity index (χ0n) is 14.8. The van der Waals surface area contributed by atoms with E-state index in [1.54, 1.807) is 44.2 Å². The summed E-state index contributed by atoms with van der Waals surface area (Å²) in [7, 11) is 0. The summed E-state index contributed by atoms with van der Waals surface area (Å²) in [6.07, 6.45) is -0.0615. The molecule has 0 spiro atoms. The highest BCUT2D eigenvalue weighted by atomic mass is 16.8. The van der Waals surface area contributed by atoms with Gasteiger partial charge in [-0.2, -0.15) is 0 Å². The van der Waals surface area contributed by atoms with E-state index in [4.69, 9.17) is 18.9 Å². The van der Waals surface area contributed by atoms with Gasteiger partial charge in [-0.15, -0.1) is 6.58 Å². The number of hydrogen-bond donors (Lipinski definition) is 0. The maximum atomic E-state index is 12.7. The molecule has 6 heteroatoms. The second kappa shape index (κ2) is 8.27. The summed E-state index contributed by atoms with van der Waals surface area (Å²) < 4.78 is 22.1. The van der Waals surface area contributed by atoms with E-state index < -0.39 is 36.0 Å². The molecule has 0 unspecified atom stereocenters. The van der Waals surface area contributed by atoms with Gasteiger partial charge in [0, 0.05) is 18.9 Å². The Labute approximate surface area is 147 Å². The van der Waals surface area contributed by atoms with Gasteiger partial charge in [0.1, 0.15) is 12.2 Å². The second-order valence-electron chi connectivity index (χ2n) is 6.27. The lowest BCUT2D eigenvalue weighted by Crippen LogP contribution is -2.36. The van der Waals surface area contributed by atoms with Crippen LogP contribution in [0, 0.1) is 0 Å². The highest BCUT2D eigenvalue weighted by Crippen LogP contribution is 2.28. The molecule has 1 aliphatic rings. The lowest BCUT2D eigenvalue weighted by Gasteiger charge is -2.25. The van der Waals surface area contributed by atoms with Crippen molar-refractivity contribution >= 4 is 11.9 Å². The van der Waals surface area contributed by atoms with Gasteiger partial charge in [-0.25, -0.2) is 4.79 Å². The first-order valence-corrected chi connectivity index (χ1v) is 8.17. The van der Waals surface area contributed by atoms with Crippen molar-refractivity contribution in [3.05, 3.63) is 48.6 Å². The van der Waals surface area contributed by atoms with Crippen LogP contribution in [0.1, 0.15) is 38.9 Å². The molecule has 0 aliphatic carbocycles. The van der Waals surface area contributed by atoms with Gasteiger partial charge in [0.15, 0.2) is 5.79 Å². The third-order valence-electron chi connectivity index (χ3n) is 3.71. The fraction of sp³-hybridized carbons (Fsp3) is 0.474. The fourth-order valence-electron chi connectivity index (χ4n) is 2.60. The Kier molecular flexibility index (Phi) is 6.33. The Morgan fingerprint density at radius 3 is 2.52 bits per heavy atom. The first-order chi connectivity index (χ1) is 11.8. The van der Waals surface area contributed by atoms with Crippen LogP contribution in [0.2, 0.25) is 0 Å². The van der Waals surface area contributed by atoms with E-state index >= 15 is 0 Å². The van der Waals surface area contributed by atoms with Crippen LogP contribution in [-0.4, -0.2) is 36.5 Å². The predicted molar refractivity (Wildman–Crippen MR) is 90.5 cm³/mol. The molecule has 6 nitrogen and oxygen atoms in total. The normalized spacial score (nSPS) is 21.2. The van der Waals surface area contributed by atoms with Gasteiger partial charge in [-0.3, -0.25) is 4.79 Å². The molecule has 1 saturated heterocycles. The van der Waals surface area contributed by atoms with Crippen LogP contribution >= 0.6 is 0 Å². The predicted octanol–water partition coefficient (Wildman–Crippen LogP) is 2.93. The lowest BCUT2D eigenvalue weighted by molar-refractivity contribution is -0.182. The van der Waals surface area contributed by atoms with Crippen molar-refractivity contribution < 1.29 is 28.5 Å². The summed E-state index contributed by atoms with van der Waals surface area (Å²) in [4.78, 5) is 24.0. The van der Waals surface area contributed by atoms with Gasteiger partial charge in [0.25, 0.3) is 0 Å². The van der Waals surface area contributed by atoms with Gasteiger partial charge in [-0.1, -0.05) is 36.4 Å². The van der Waals surface area contributed by atoms with E-state index in [0.717, 1.165) is 0 Å². The van der Waals surface area contributed by atoms with Crippen LogP contribution in [-0.2, 0) is 28.5 Å². The van der Waals surface area contributed by atoms with E-state index in [9.17, 15) is 9.59 Å². The molecule has 2 rings (SSSR count). The molecule has 0 amide bonds. The maximum absolute atomic E-state index is 12.7. The largest absolute Gasteiger partial charge is 0.456 e. The number of rotatable bonds is 7. The van der Waals surface area contributed by atoms with E-state index in [0.29, 0.717) is 18.6 Å². The zero-order chi connectivity index (χ0) is 18.4. The van der Waals surface area contributed by atoms with Crippen molar-refractivity contribution in [2.24, 2.45) is 0 Å². The molecule has 3 atom stereocenters. The molecule has 1 heterocycles. The maximum Gasteiger partial charge on any atom is 0.352 e. The summed E-state index contributed by atoms with van der Waals surface area (Å²) in [5.41, 5.74) is 0.545. The van der Waals surface area contributed by atoms with E-state index in [-0.39, 0.29) is 0 Å². The number of esters is 2. The van der Waals surface area contributed by atoms with Gasteiger partial charge in [-0.05, 0) is 13.8 Å². The third-order valence-corrected chi connectivity index (χ3v) is 3.71. The summed E-state index contributed by atoms with van der Waals surface area (Å²) >= 11 is 0. The average Bonchev–Trinajstić information content (AvgIpc) is 2.92. The molecule has 1 fully saturated rings. The summed E-state index contributed by atoms with van der Waals surface area (Å²) in [5.74, 6) is -1.94. The van der Waals surface area contributed by atoms with Crippen LogP contribution in [0.3, 0.4) is 0 Å². The Balaban J connectivity index is 2.14. The molecule has 25 heavy (non-hydrogen) atoms. The minimum Gasteiger partial charge on any atom is -0.456 e. The van der Waals surface area contributed by atoms with Crippen LogP contribution in [0.5, 0.6) is 0 Å². The smallest absolute Gasteiger partial charge is 0.352 e. The van der Waals surface area contributed by atoms with E-state index in [2.05, 4.69) is 6.58 Å². The standard InChI is InChI=1S/C19H24O6/c1-5-9-15(16-12-22-19(3,4)25-16)24-18(21)17(23-13(2)20)14-10-7-6-8-11-14/h5-8,10-11,15-17H,1,9,12H2,2-4H3/t15-,16+,17-/m1/s1. The molecular weight excluding hydrogens is 324 g/mol. The molecule has 1 aromatic rings. The number of carbonyl (C=O) groups is 2. The minimum absolute atomic E-state index is 0.308. The molecule has 0 bridgehead atoms. The van der Waals surface area contributed by atoms with E-state index in [1.165, 1.54) is 6.92 Å². The van der Waals surface area contributed by atoms with Gasteiger partial charge >= 0.3 is 11.9 Å². The third kappa shape index (κ3) is 5.41. The molecule has 0 aromatic heterocycles. The monoisotopic (exact) mass is 348 g/mol. The van der Waals surface area contributed by atoms with Crippen molar-refractivity contribution in [1.29, 1.82) is 0 Å². The average molecular weight is 348 g/mol. The minimum atomic E-state index is -1.12. The van der Waals surface area contributed by atoms with Crippen LogP contribution in [0.4, 0.5) is 0 Å². The van der Waals surface area contributed by atoms with Gasteiger partial charge in [0.2, 0.25) is 6.10 Å². The van der Waals surface area contributed by atoms with Crippen molar-refractivity contribution in [2.75, 3.05) is 6.61 Å². The highest BCUT2D eigenvalue weighted by molar-refractivity contribution is 5.80. The molecule has 0 radical (unpaired) electrons. The van der Waals surface area contributed by atoms with Gasteiger partial charge < -0.3 is 18.9 Å². The molecule has 0 saturated carbocycles. The summed E-state index contributed by atoms with van der Waals surface area (Å²) in [5, 5.41) is 0. The summed E-state index contributed by atoms with van der Waals surface area (Å²) in [6.45, 7) is 8.85. The first kappa shape index (κ1) is 19.1. The molecule has 136 valence electrons. The number of ether oxygens (including phenoxy) is 4. The lowest BCUT2D eigenvalue weighted by atomic mass is 10.1. The molecule has 0 N–H and O–H groups in total. The quantitative estimate of drug-likeness (QED) is 0.557. The van der Waals surface area contributed by atoms with Crippen molar-refractivity contribution in [3.8, 4) is 0 Å². The van der Waals surface area contributed by atoms with Crippen molar-refractivity contribution in [3.63, 3.8) is 0 Å². The summed E-state index contributed by atoms with van der Waals surface area (Å²) in [6, 6.07) is 8.74. The van der Waals surface area contributed by atoms with E-state index in [1.807, 2.05) is 6.07 Å². The number of hydrogen-bond acceptors (Lipinski definition) is 6. The Morgan fingerprint density at radius 1 is 1.32 bits per heavy atom. The second-order valence-corrected chi connectivity index (χ2v) is 6.27. The number of benzene rings is 1. The Bertz CT molecular complexity index is 610. The molecular formula is C19H24O6. The van der Waals surface area contributed by atoms with Crippen LogP contribution in [0.25, 0.3) is 0 Å². The molecule has 1 aliphatic heterocycles. The van der Waals surface area contributed by atoms with Crippen molar-refractivity contribution in [1.82, 2.24) is 0 Å². The zero-order valence-corrected chi connectivity index (χ0v) is 14.8. The van der Waals surface area contributed by atoms with Crippen LogP contribution in [0.15, 0.2) is 43.0 Å². The van der Waals surface area contributed by atoms with Crippen molar-refractivity contribution in [2.45, 2.75) is 51.3 Å². The topological polar surface area (TPSA) is 71.1 Å².